The van der Waals surface area contributed by atoms with Crippen LogP contribution in [0, 0.1) is 0 Å². The van der Waals surface area contributed by atoms with Crippen LogP contribution in [0.1, 0.15) is 15.9 Å². The van der Waals surface area contributed by atoms with Crippen molar-refractivity contribution >= 4 is 34.0 Å². The Hall–Kier alpha value is -4.14. The highest BCUT2D eigenvalue weighted by atomic mass is 19.4. The van der Waals surface area contributed by atoms with Gasteiger partial charge in [-0.2, -0.15) is 13.2 Å². The molecule has 156 valence electrons. The van der Waals surface area contributed by atoms with Crippen LogP contribution in [0.3, 0.4) is 0 Å². The van der Waals surface area contributed by atoms with Crippen molar-refractivity contribution in [1.82, 2.24) is 9.97 Å². The third kappa shape index (κ3) is 4.55. The molecule has 4 aromatic rings. The van der Waals surface area contributed by atoms with Crippen LogP contribution in [0.2, 0.25) is 0 Å². The Kier molecular flexibility index (Phi) is 5.16. The summed E-state index contributed by atoms with van der Waals surface area (Å²) in [5, 5.41) is 6.60. The molecule has 3 N–H and O–H groups in total. The first-order valence-electron chi connectivity index (χ1n) is 9.13. The molecule has 0 unspecified atom stereocenters. The highest BCUT2D eigenvalue weighted by Crippen LogP contribution is 2.29. The quantitative estimate of drug-likeness (QED) is 0.433. The molecule has 0 radical (unpaired) electrons. The molecule has 0 bridgehead atoms. The summed E-state index contributed by atoms with van der Waals surface area (Å²) in [5.74, 6) is -0.515. The van der Waals surface area contributed by atoms with Gasteiger partial charge in [0.2, 0.25) is 5.56 Å². The Labute approximate surface area is 173 Å². The van der Waals surface area contributed by atoms with Gasteiger partial charge in [-0.25, -0.2) is 4.98 Å². The molecule has 2 aromatic carbocycles. The van der Waals surface area contributed by atoms with E-state index in [1.807, 2.05) is 0 Å². The zero-order chi connectivity index (χ0) is 22.0. The average Bonchev–Trinajstić information content (AvgIpc) is 2.74. The van der Waals surface area contributed by atoms with Gasteiger partial charge >= 0.3 is 6.18 Å². The Morgan fingerprint density at radius 2 is 1.55 bits per heavy atom. The highest BCUT2D eigenvalue weighted by molar-refractivity contribution is 6.04. The molecule has 0 saturated carbocycles. The van der Waals surface area contributed by atoms with Crippen molar-refractivity contribution < 1.29 is 18.0 Å². The van der Waals surface area contributed by atoms with Crippen LogP contribution in [0.25, 0.3) is 11.0 Å². The van der Waals surface area contributed by atoms with E-state index in [0.29, 0.717) is 11.3 Å². The number of rotatable bonds is 4. The first kappa shape index (κ1) is 20.1. The van der Waals surface area contributed by atoms with Gasteiger partial charge < -0.3 is 15.6 Å². The van der Waals surface area contributed by atoms with Gasteiger partial charge in [0.05, 0.1) is 11.3 Å². The van der Waals surface area contributed by atoms with E-state index in [0.717, 1.165) is 41.0 Å². The van der Waals surface area contributed by atoms with E-state index in [4.69, 9.17) is 0 Å². The van der Waals surface area contributed by atoms with Gasteiger partial charge in [0, 0.05) is 34.6 Å². The van der Waals surface area contributed by atoms with Crippen LogP contribution in [-0.2, 0) is 6.18 Å². The predicted molar refractivity (Wildman–Crippen MR) is 111 cm³/mol. The maximum absolute atomic E-state index is 12.6. The third-order valence-electron chi connectivity index (χ3n) is 4.53. The van der Waals surface area contributed by atoms with E-state index in [2.05, 4.69) is 20.6 Å². The lowest BCUT2D eigenvalue weighted by atomic mass is 10.1. The summed E-state index contributed by atoms with van der Waals surface area (Å²) in [4.78, 5) is 30.5. The second-order valence-electron chi connectivity index (χ2n) is 6.67. The Balaban J connectivity index is 1.46. The number of benzene rings is 2. The van der Waals surface area contributed by atoms with E-state index in [1.165, 1.54) is 6.07 Å². The number of pyridine rings is 2. The Morgan fingerprint density at radius 1 is 0.871 bits per heavy atom. The minimum atomic E-state index is -4.45. The average molecular weight is 424 g/mol. The summed E-state index contributed by atoms with van der Waals surface area (Å²) < 4.78 is 37.9. The molecular formula is C22H15F3N4O2. The smallest absolute Gasteiger partial charge is 0.355 e. The maximum atomic E-state index is 12.6. The standard InChI is InChI=1S/C22H15F3N4O2/c23-22(24,25)14-3-1-13(2-4-14)21(31)28-16-7-5-15(6-8-16)27-18-11-12-26-20-17(18)9-10-19(30)29-20/h1-12H,(H,28,31)(H2,26,27,29,30). The monoisotopic (exact) mass is 424 g/mol. The van der Waals surface area contributed by atoms with Crippen molar-refractivity contribution in [3.8, 4) is 0 Å². The SMILES string of the molecule is O=C(Nc1ccc(Nc2ccnc3[nH]c(=O)ccc23)cc1)c1ccc(C(F)(F)F)cc1. The molecule has 0 aliphatic carbocycles. The van der Waals surface area contributed by atoms with Gasteiger partial charge in [-0.3, -0.25) is 9.59 Å². The van der Waals surface area contributed by atoms with E-state index < -0.39 is 17.6 Å². The van der Waals surface area contributed by atoms with Crippen LogP contribution >= 0.6 is 0 Å². The van der Waals surface area contributed by atoms with Gasteiger partial charge in [-0.15, -0.1) is 0 Å². The van der Waals surface area contributed by atoms with Gasteiger partial charge in [-0.05, 0) is 60.7 Å². The van der Waals surface area contributed by atoms with Crippen molar-refractivity contribution in [1.29, 1.82) is 0 Å². The van der Waals surface area contributed by atoms with Crippen molar-refractivity contribution in [3.63, 3.8) is 0 Å². The number of nitrogens with one attached hydrogen (secondary N) is 3. The van der Waals surface area contributed by atoms with Crippen molar-refractivity contribution in [2.45, 2.75) is 6.18 Å². The first-order chi connectivity index (χ1) is 14.8. The molecular weight excluding hydrogens is 409 g/mol. The normalized spacial score (nSPS) is 11.3. The minimum Gasteiger partial charge on any atom is -0.355 e. The van der Waals surface area contributed by atoms with Gasteiger partial charge in [0.15, 0.2) is 0 Å². The van der Waals surface area contributed by atoms with Crippen molar-refractivity contribution in [2.75, 3.05) is 10.6 Å². The summed E-state index contributed by atoms with van der Waals surface area (Å²) in [6.07, 6.45) is -2.88. The van der Waals surface area contributed by atoms with E-state index >= 15 is 0 Å². The summed E-state index contributed by atoms with van der Waals surface area (Å²) in [5.41, 5.74) is 1.47. The third-order valence-corrected chi connectivity index (χ3v) is 4.53. The Bertz CT molecular complexity index is 1300. The van der Waals surface area contributed by atoms with Crippen molar-refractivity contribution in [3.05, 3.63) is 94.4 Å². The van der Waals surface area contributed by atoms with Gasteiger partial charge in [0.25, 0.3) is 5.91 Å². The molecule has 31 heavy (non-hydrogen) atoms. The van der Waals surface area contributed by atoms with E-state index in [1.54, 1.807) is 42.6 Å². The minimum absolute atomic E-state index is 0.118. The number of carbonyl (C=O) groups excluding carboxylic acids is 1. The van der Waals surface area contributed by atoms with Crippen LogP contribution in [-0.4, -0.2) is 15.9 Å². The lowest BCUT2D eigenvalue weighted by molar-refractivity contribution is -0.137. The number of amides is 1. The number of aromatic amines is 1. The fraction of sp³-hybridized carbons (Fsp3) is 0.0455. The molecule has 2 aromatic heterocycles. The topological polar surface area (TPSA) is 86.9 Å². The second kappa shape index (κ2) is 7.94. The zero-order valence-electron chi connectivity index (χ0n) is 15.8. The fourth-order valence-electron chi connectivity index (χ4n) is 2.97. The summed E-state index contributed by atoms with van der Waals surface area (Å²) in [6.45, 7) is 0. The number of H-pyrrole nitrogens is 1. The molecule has 4 rings (SSSR count). The lowest BCUT2D eigenvalue weighted by Crippen LogP contribution is -2.12. The molecule has 2 heterocycles. The van der Waals surface area contributed by atoms with E-state index in [9.17, 15) is 22.8 Å². The molecule has 9 heteroatoms. The zero-order valence-corrected chi connectivity index (χ0v) is 15.8. The number of hydrogen-bond acceptors (Lipinski definition) is 4. The largest absolute Gasteiger partial charge is 0.416 e. The van der Waals surface area contributed by atoms with Crippen LogP contribution in [0.5, 0.6) is 0 Å². The lowest BCUT2D eigenvalue weighted by Gasteiger charge is -2.11. The predicted octanol–water partition coefficient (Wildman–Crippen LogP) is 4.94. The molecule has 0 aliphatic heterocycles. The number of anilines is 3. The first-order valence-corrected chi connectivity index (χ1v) is 9.13. The van der Waals surface area contributed by atoms with Gasteiger partial charge in [0.1, 0.15) is 5.65 Å². The second-order valence-corrected chi connectivity index (χ2v) is 6.67. The number of nitrogens with zero attached hydrogens (tertiary/aromatic N) is 1. The number of carbonyl (C=O) groups is 1. The summed E-state index contributed by atoms with van der Waals surface area (Å²) in [6, 6.07) is 15.6. The van der Waals surface area contributed by atoms with Crippen molar-refractivity contribution in [2.24, 2.45) is 0 Å². The Morgan fingerprint density at radius 3 is 2.23 bits per heavy atom. The number of alkyl halides is 3. The van der Waals surface area contributed by atoms with Crippen LogP contribution < -0.4 is 16.2 Å². The molecule has 1 amide bonds. The molecule has 0 saturated heterocycles. The number of fused-ring (bicyclic) bond motifs is 1. The number of aromatic nitrogens is 2. The fourth-order valence-corrected chi connectivity index (χ4v) is 2.97. The van der Waals surface area contributed by atoms with Gasteiger partial charge in [-0.1, -0.05) is 0 Å². The molecule has 6 nitrogen and oxygen atoms in total. The summed E-state index contributed by atoms with van der Waals surface area (Å²) >= 11 is 0. The molecule has 0 spiro atoms. The molecule has 0 aliphatic rings. The van der Waals surface area contributed by atoms with Crippen LogP contribution in [0.4, 0.5) is 30.2 Å². The molecule has 0 atom stereocenters. The van der Waals surface area contributed by atoms with E-state index in [-0.39, 0.29) is 11.1 Å². The maximum Gasteiger partial charge on any atom is 0.416 e. The highest BCUT2D eigenvalue weighted by Gasteiger charge is 2.30. The van der Waals surface area contributed by atoms with Crippen LogP contribution in [0.15, 0.2) is 77.7 Å². The molecule has 0 fully saturated rings. The number of hydrogen-bond donors (Lipinski definition) is 3. The summed E-state index contributed by atoms with van der Waals surface area (Å²) in [7, 11) is 0. The number of halogens is 3.